The van der Waals surface area contributed by atoms with Crippen LogP contribution >= 0.6 is 11.8 Å². The molecule has 3 N–H and O–H groups in total. The molecule has 1 aromatic rings. The van der Waals surface area contributed by atoms with Crippen molar-refractivity contribution in [2.75, 3.05) is 20.0 Å². The van der Waals surface area contributed by atoms with Gasteiger partial charge in [-0.2, -0.15) is 0 Å². The number of hydrogen-bond acceptors (Lipinski definition) is 8. The maximum absolute atomic E-state index is 12.7. The number of aliphatic carboxylic acids is 1. The molecule has 0 aliphatic heterocycles. The summed E-state index contributed by atoms with van der Waals surface area (Å²) >= 11 is 0.837. The van der Waals surface area contributed by atoms with Crippen molar-refractivity contribution in [2.45, 2.75) is 51.2 Å². The van der Waals surface area contributed by atoms with Gasteiger partial charge in [0.25, 0.3) is 0 Å². The molecule has 0 fully saturated rings. The Balaban J connectivity index is 2.68. The van der Waals surface area contributed by atoms with Crippen molar-refractivity contribution in [3.63, 3.8) is 0 Å². The van der Waals surface area contributed by atoms with Gasteiger partial charge in [0.15, 0.2) is 11.4 Å². The molecule has 0 bridgehead atoms. The third kappa shape index (κ3) is 11.1. The Bertz CT molecular complexity index is 743. The number of benzene rings is 1. The highest BCUT2D eigenvalue weighted by molar-refractivity contribution is 8.13. The second kappa shape index (κ2) is 15.2. The van der Waals surface area contributed by atoms with Crippen molar-refractivity contribution in [1.29, 1.82) is 0 Å². The average molecular weight is 471 g/mol. The predicted molar refractivity (Wildman–Crippen MR) is 118 cm³/mol. The van der Waals surface area contributed by atoms with Crippen molar-refractivity contribution in [2.24, 2.45) is 0 Å². The van der Waals surface area contributed by atoms with Gasteiger partial charge in [-0.25, -0.2) is 9.59 Å². The summed E-state index contributed by atoms with van der Waals surface area (Å²) in [6.07, 6.45) is -0.326. The number of carboxylic acids is 1. The van der Waals surface area contributed by atoms with E-state index in [9.17, 15) is 24.3 Å². The Morgan fingerprint density at radius 2 is 1.66 bits per heavy atom. The summed E-state index contributed by atoms with van der Waals surface area (Å²) in [6, 6.07) is 6.64. The van der Waals surface area contributed by atoms with Gasteiger partial charge in [-0.1, -0.05) is 42.1 Å². The number of amides is 2. The zero-order valence-electron chi connectivity index (χ0n) is 18.4. The van der Waals surface area contributed by atoms with E-state index in [1.807, 2.05) is 6.07 Å². The maximum atomic E-state index is 12.7. The first kappa shape index (κ1) is 27.4. The van der Waals surface area contributed by atoms with Gasteiger partial charge >= 0.3 is 12.1 Å². The maximum Gasteiger partial charge on any atom is 0.408 e. The topological polar surface area (TPSA) is 140 Å². The monoisotopic (exact) mass is 470 g/mol. The SMILES string of the molecule is COC(CCC[C@H](NC(=O)[C@H](CSC(C)=O)NC(=O)OCc1ccccc1)C(=O)O)OC. The van der Waals surface area contributed by atoms with Crippen molar-refractivity contribution in [1.82, 2.24) is 10.6 Å². The highest BCUT2D eigenvalue weighted by atomic mass is 32.2. The lowest BCUT2D eigenvalue weighted by atomic mass is 10.1. The lowest BCUT2D eigenvalue weighted by Crippen LogP contribution is -2.52. The molecule has 0 unspecified atom stereocenters. The van der Waals surface area contributed by atoms with E-state index in [2.05, 4.69) is 10.6 Å². The quantitative estimate of drug-likeness (QED) is 0.348. The van der Waals surface area contributed by atoms with Crippen LogP contribution in [0.15, 0.2) is 30.3 Å². The van der Waals surface area contributed by atoms with Gasteiger partial charge in [0.1, 0.15) is 18.7 Å². The molecule has 0 aliphatic carbocycles. The summed E-state index contributed by atoms with van der Waals surface area (Å²) in [6.45, 7) is 1.33. The third-order valence-corrected chi connectivity index (χ3v) is 5.25. The van der Waals surface area contributed by atoms with E-state index in [-0.39, 0.29) is 23.9 Å². The Morgan fingerprint density at radius 1 is 1.00 bits per heavy atom. The van der Waals surface area contributed by atoms with Gasteiger partial charge in [0, 0.05) is 26.9 Å². The molecule has 0 heterocycles. The summed E-state index contributed by atoms with van der Waals surface area (Å²) in [7, 11) is 2.95. The number of carboxylic acid groups (broad SMARTS) is 1. The number of thioether (sulfide) groups is 1. The molecule has 32 heavy (non-hydrogen) atoms. The van der Waals surface area contributed by atoms with E-state index in [4.69, 9.17) is 14.2 Å². The van der Waals surface area contributed by atoms with Gasteiger partial charge in [-0.3, -0.25) is 9.59 Å². The number of rotatable bonds is 14. The molecular weight excluding hydrogens is 440 g/mol. The van der Waals surface area contributed by atoms with Gasteiger partial charge in [-0.05, 0) is 24.8 Å². The number of methoxy groups -OCH3 is 2. The first-order chi connectivity index (χ1) is 15.3. The molecule has 0 radical (unpaired) electrons. The van der Waals surface area contributed by atoms with Crippen LogP contribution in [0.2, 0.25) is 0 Å². The van der Waals surface area contributed by atoms with Crippen LogP contribution in [0.25, 0.3) is 0 Å². The number of ether oxygens (including phenoxy) is 3. The van der Waals surface area contributed by atoms with Gasteiger partial charge in [-0.15, -0.1) is 0 Å². The fourth-order valence-corrected chi connectivity index (χ4v) is 3.28. The highest BCUT2D eigenvalue weighted by Crippen LogP contribution is 2.10. The normalized spacial score (nSPS) is 12.6. The minimum atomic E-state index is -1.21. The zero-order chi connectivity index (χ0) is 23.9. The Morgan fingerprint density at radius 3 is 2.22 bits per heavy atom. The van der Waals surface area contributed by atoms with Gasteiger partial charge in [0.05, 0.1) is 0 Å². The fraction of sp³-hybridized carbons (Fsp3) is 0.524. The molecule has 0 saturated carbocycles. The highest BCUT2D eigenvalue weighted by Gasteiger charge is 2.27. The minimum absolute atomic E-state index is 0.00121. The van der Waals surface area contributed by atoms with Crippen LogP contribution in [0.1, 0.15) is 31.7 Å². The average Bonchev–Trinajstić information content (AvgIpc) is 2.77. The van der Waals surface area contributed by atoms with Crippen LogP contribution in [0, 0.1) is 0 Å². The van der Waals surface area contributed by atoms with E-state index in [0.29, 0.717) is 12.8 Å². The molecule has 2 amide bonds. The molecule has 0 saturated heterocycles. The van der Waals surface area contributed by atoms with Crippen LogP contribution in [-0.2, 0) is 35.2 Å². The Labute approximate surface area is 191 Å². The molecule has 0 aliphatic rings. The van der Waals surface area contributed by atoms with Crippen molar-refractivity contribution in [3.05, 3.63) is 35.9 Å². The molecule has 1 rings (SSSR count). The third-order valence-electron chi connectivity index (χ3n) is 4.35. The molecule has 10 nitrogen and oxygen atoms in total. The number of carbonyl (C=O) groups excluding carboxylic acids is 3. The molecule has 0 spiro atoms. The number of nitrogens with one attached hydrogen (secondary N) is 2. The van der Waals surface area contributed by atoms with Crippen LogP contribution in [0.4, 0.5) is 4.79 Å². The smallest absolute Gasteiger partial charge is 0.408 e. The van der Waals surface area contributed by atoms with Crippen LogP contribution in [0.5, 0.6) is 0 Å². The second-order valence-corrected chi connectivity index (χ2v) is 7.99. The number of hydrogen-bond donors (Lipinski definition) is 3. The van der Waals surface area contributed by atoms with Gasteiger partial charge < -0.3 is 30.0 Å². The molecular formula is C21H30N2O8S. The molecule has 178 valence electrons. The van der Waals surface area contributed by atoms with Gasteiger partial charge in [0.2, 0.25) is 5.91 Å². The summed E-state index contributed by atoms with van der Waals surface area (Å²) in [5.74, 6) is -2.00. The summed E-state index contributed by atoms with van der Waals surface area (Å²) in [5.41, 5.74) is 0.762. The van der Waals surface area contributed by atoms with E-state index in [0.717, 1.165) is 17.3 Å². The van der Waals surface area contributed by atoms with E-state index < -0.39 is 36.3 Å². The lowest BCUT2D eigenvalue weighted by Gasteiger charge is -2.21. The molecule has 2 atom stereocenters. The van der Waals surface area contributed by atoms with Crippen LogP contribution < -0.4 is 10.6 Å². The van der Waals surface area contributed by atoms with E-state index in [1.165, 1.54) is 21.1 Å². The molecule has 0 aromatic heterocycles. The van der Waals surface area contributed by atoms with Crippen molar-refractivity contribution >= 4 is 34.8 Å². The standard InChI is InChI=1S/C21H30N2O8S/c1-14(24)32-13-17(23-21(28)31-12-15-8-5-4-6-9-15)19(25)22-16(20(26)27)10-7-11-18(29-2)30-3/h4-6,8-9,16-18H,7,10-13H2,1-3H3,(H,22,25)(H,23,28)(H,26,27)/t16-,17-/m0/s1. The first-order valence-corrected chi connectivity index (χ1v) is 10.9. The Hall–Kier alpha value is -2.63. The second-order valence-electron chi connectivity index (χ2n) is 6.79. The largest absolute Gasteiger partial charge is 0.480 e. The molecule has 1 aromatic carbocycles. The summed E-state index contributed by atoms with van der Waals surface area (Å²) in [4.78, 5) is 47.7. The van der Waals surface area contributed by atoms with Crippen molar-refractivity contribution < 1.29 is 38.5 Å². The zero-order valence-corrected chi connectivity index (χ0v) is 19.2. The van der Waals surface area contributed by atoms with E-state index in [1.54, 1.807) is 24.3 Å². The minimum Gasteiger partial charge on any atom is -0.480 e. The summed E-state index contributed by atoms with van der Waals surface area (Å²) in [5, 5.41) is 14.0. The first-order valence-electron chi connectivity index (χ1n) is 9.96. The summed E-state index contributed by atoms with van der Waals surface area (Å²) < 4.78 is 15.2. The van der Waals surface area contributed by atoms with Crippen LogP contribution in [0.3, 0.4) is 0 Å². The molecule has 11 heteroatoms. The van der Waals surface area contributed by atoms with E-state index >= 15 is 0 Å². The number of carbonyl (C=O) groups is 4. The predicted octanol–water partition coefficient (Wildman–Crippen LogP) is 1.92. The van der Waals surface area contributed by atoms with Crippen LogP contribution in [-0.4, -0.2) is 66.5 Å². The Kier molecular flexibility index (Phi) is 13.0. The lowest BCUT2D eigenvalue weighted by molar-refractivity contribution is -0.142. The van der Waals surface area contributed by atoms with Crippen molar-refractivity contribution in [3.8, 4) is 0 Å². The fourth-order valence-electron chi connectivity index (χ4n) is 2.64. The number of alkyl carbamates (subject to hydrolysis) is 1.